The van der Waals surface area contributed by atoms with Gasteiger partial charge in [0.15, 0.2) is 0 Å². The van der Waals surface area contributed by atoms with Crippen LogP contribution in [-0.2, 0) is 17.2 Å². The third kappa shape index (κ3) is 3.88. The molecule has 2 aromatic rings. The van der Waals surface area contributed by atoms with Gasteiger partial charge in [-0.1, -0.05) is 11.6 Å². The molecule has 1 aliphatic carbocycles. The van der Waals surface area contributed by atoms with Gasteiger partial charge in [-0.3, -0.25) is 0 Å². The minimum absolute atomic E-state index is 0.00271. The molecule has 6 nitrogen and oxygen atoms in total. The molecular weight excluding hydrogens is 458 g/mol. The standard InChI is InChI=1S/C22H25ClF2N4O2S/c23-15-2-4-16(5-3-15)29-10-6-14(7-11-29)19-26-17-12-22(24,25)32(31)18(17)20(27-19)28-21(13-30)8-1-9-21/h2-5,14,30H,1,6-13H2,(H,26,27,28). The van der Waals surface area contributed by atoms with E-state index < -0.39 is 28.0 Å². The topological polar surface area (TPSA) is 78.4 Å². The number of aliphatic hydroxyl groups excluding tert-OH is 1. The number of aliphatic hydroxyl groups is 1. The number of hydrogen-bond acceptors (Lipinski definition) is 6. The Hall–Kier alpha value is -1.84. The third-order valence-electron chi connectivity index (χ3n) is 6.83. The van der Waals surface area contributed by atoms with E-state index in [1.165, 1.54) is 0 Å². The Morgan fingerprint density at radius 2 is 1.88 bits per heavy atom. The van der Waals surface area contributed by atoms with Crippen LogP contribution in [0.3, 0.4) is 0 Å². The molecule has 2 aliphatic heterocycles. The van der Waals surface area contributed by atoms with Gasteiger partial charge < -0.3 is 15.3 Å². The van der Waals surface area contributed by atoms with Crippen molar-refractivity contribution in [3.63, 3.8) is 0 Å². The van der Waals surface area contributed by atoms with E-state index in [0.29, 0.717) is 10.8 Å². The minimum atomic E-state index is -3.35. The van der Waals surface area contributed by atoms with Crippen molar-refractivity contribution in [2.24, 2.45) is 0 Å². The molecule has 3 aliphatic rings. The highest BCUT2D eigenvalue weighted by molar-refractivity contribution is 7.86. The van der Waals surface area contributed by atoms with E-state index in [1.807, 2.05) is 24.3 Å². The van der Waals surface area contributed by atoms with E-state index in [4.69, 9.17) is 11.6 Å². The Balaban J connectivity index is 1.41. The molecule has 32 heavy (non-hydrogen) atoms. The molecule has 1 atom stereocenters. The van der Waals surface area contributed by atoms with Gasteiger partial charge in [0.1, 0.15) is 27.3 Å². The van der Waals surface area contributed by atoms with E-state index in [9.17, 15) is 18.1 Å². The Morgan fingerprint density at radius 3 is 2.47 bits per heavy atom. The van der Waals surface area contributed by atoms with Crippen LogP contribution < -0.4 is 10.2 Å². The quantitative estimate of drug-likeness (QED) is 0.668. The Morgan fingerprint density at radius 1 is 1.19 bits per heavy atom. The van der Waals surface area contributed by atoms with Gasteiger partial charge in [0.05, 0.1) is 24.3 Å². The molecule has 0 amide bonds. The summed E-state index contributed by atoms with van der Waals surface area (Å²) in [7, 11) is -2.50. The van der Waals surface area contributed by atoms with Crippen molar-refractivity contribution in [3.8, 4) is 0 Å². The smallest absolute Gasteiger partial charge is 0.331 e. The van der Waals surface area contributed by atoms with Gasteiger partial charge in [0, 0.05) is 29.7 Å². The van der Waals surface area contributed by atoms with Crippen molar-refractivity contribution in [3.05, 3.63) is 40.8 Å². The van der Waals surface area contributed by atoms with Gasteiger partial charge >= 0.3 is 5.25 Å². The second-order valence-corrected chi connectivity index (χ2v) is 10.9. The summed E-state index contributed by atoms with van der Waals surface area (Å²) in [5, 5.41) is 10.4. The number of anilines is 2. The van der Waals surface area contributed by atoms with Crippen LogP contribution in [0.4, 0.5) is 20.3 Å². The van der Waals surface area contributed by atoms with Gasteiger partial charge in [0.2, 0.25) is 0 Å². The summed E-state index contributed by atoms with van der Waals surface area (Å²) in [5.41, 5.74) is 0.669. The molecule has 1 saturated carbocycles. The van der Waals surface area contributed by atoms with Crippen LogP contribution in [0.5, 0.6) is 0 Å². The van der Waals surface area contributed by atoms with E-state index in [-0.39, 0.29) is 28.9 Å². The summed E-state index contributed by atoms with van der Waals surface area (Å²) >= 11 is 5.98. The maximum Gasteiger partial charge on any atom is 0.331 e. The molecule has 1 saturated heterocycles. The number of benzene rings is 1. The van der Waals surface area contributed by atoms with E-state index in [0.717, 1.165) is 50.9 Å². The van der Waals surface area contributed by atoms with Crippen molar-refractivity contribution >= 4 is 33.9 Å². The average molecular weight is 483 g/mol. The summed E-state index contributed by atoms with van der Waals surface area (Å²) in [4.78, 5) is 11.3. The summed E-state index contributed by atoms with van der Waals surface area (Å²) in [5.74, 6) is 0.747. The van der Waals surface area contributed by atoms with Gasteiger partial charge in [-0.05, 0) is 56.4 Å². The maximum atomic E-state index is 14.3. The Bertz CT molecular complexity index is 1040. The number of fused-ring (bicyclic) bond motifs is 1. The van der Waals surface area contributed by atoms with Crippen LogP contribution >= 0.6 is 11.6 Å². The number of nitrogens with zero attached hydrogens (tertiary/aromatic N) is 3. The first-order valence-corrected chi connectivity index (χ1v) is 12.4. The Kier molecular flexibility index (Phi) is 5.62. The normalized spacial score (nSPS) is 24.1. The zero-order valence-electron chi connectivity index (χ0n) is 17.5. The molecule has 2 N–H and O–H groups in total. The average Bonchev–Trinajstić information content (AvgIpc) is 2.99. The summed E-state index contributed by atoms with van der Waals surface area (Å²) < 4.78 is 41.1. The maximum absolute atomic E-state index is 14.3. The highest BCUT2D eigenvalue weighted by Crippen LogP contribution is 2.44. The van der Waals surface area contributed by atoms with Crippen LogP contribution in [0.1, 0.15) is 49.5 Å². The number of nitrogens with one attached hydrogen (secondary N) is 1. The van der Waals surface area contributed by atoms with Crippen LogP contribution in [0, 0.1) is 0 Å². The monoisotopic (exact) mass is 482 g/mol. The van der Waals surface area contributed by atoms with Crippen LogP contribution in [0.25, 0.3) is 0 Å². The Labute approximate surface area is 192 Å². The first-order chi connectivity index (χ1) is 15.3. The van der Waals surface area contributed by atoms with E-state index >= 15 is 0 Å². The molecule has 0 bridgehead atoms. The van der Waals surface area contributed by atoms with Gasteiger partial charge in [-0.15, -0.1) is 0 Å². The fourth-order valence-corrected chi connectivity index (χ4v) is 6.03. The fraction of sp³-hybridized carbons (Fsp3) is 0.545. The van der Waals surface area contributed by atoms with E-state index in [1.54, 1.807) is 0 Å². The predicted octanol–water partition coefficient (Wildman–Crippen LogP) is 4.10. The molecule has 0 radical (unpaired) electrons. The molecule has 10 heteroatoms. The predicted molar refractivity (Wildman–Crippen MR) is 120 cm³/mol. The number of hydrogen-bond donors (Lipinski definition) is 2. The zero-order valence-corrected chi connectivity index (χ0v) is 19.1. The molecule has 172 valence electrons. The zero-order chi connectivity index (χ0) is 22.5. The number of aromatic nitrogens is 2. The molecule has 1 aromatic heterocycles. The van der Waals surface area contributed by atoms with Crippen LogP contribution in [-0.4, -0.2) is 49.8 Å². The minimum Gasteiger partial charge on any atom is -0.394 e. The molecule has 0 spiro atoms. The number of halogens is 3. The molecular formula is C22H25ClF2N4O2S. The lowest BCUT2D eigenvalue weighted by Gasteiger charge is -2.41. The SMILES string of the molecule is O=S1c2c(nc(C3CCN(c4ccc(Cl)cc4)CC3)nc2NC2(CO)CCC2)CC1(F)F. The largest absolute Gasteiger partial charge is 0.394 e. The lowest BCUT2D eigenvalue weighted by molar-refractivity contribution is 0.104. The molecule has 1 unspecified atom stereocenters. The second kappa shape index (κ2) is 8.18. The fourth-order valence-electron chi connectivity index (χ4n) is 4.73. The first-order valence-electron chi connectivity index (χ1n) is 10.9. The van der Waals surface area contributed by atoms with Gasteiger partial charge in [-0.25, -0.2) is 14.2 Å². The molecule has 3 heterocycles. The molecule has 5 rings (SSSR count). The van der Waals surface area contributed by atoms with Gasteiger partial charge in [-0.2, -0.15) is 8.78 Å². The van der Waals surface area contributed by atoms with Crippen molar-refractivity contribution in [1.29, 1.82) is 0 Å². The highest BCUT2D eigenvalue weighted by Gasteiger charge is 2.50. The summed E-state index contributed by atoms with van der Waals surface area (Å²) in [6, 6.07) is 7.70. The number of rotatable bonds is 5. The number of alkyl halides is 2. The summed E-state index contributed by atoms with van der Waals surface area (Å²) in [6.45, 7) is 1.46. The third-order valence-corrected chi connectivity index (χ3v) is 8.57. The van der Waals surface area contributed by atoms with Crippen molar-refractivity contribution in [2.75, 3.05) is 29.9 Å². The molecule has 2 fully saturated rings. The lowest BCUT2D eigenvalue weighted by atomic mass is 9.77. The lowest BCUT2D eigenvalue weighted by Crippen LogP contribution is -2.48. The first kappa shape index (κ1) is 22.0. The molecule has 1 aromatic carbocycles. The van der Waals surface area contributed by atoms with Gasteiger partial charge in [0.25, 0.3) is 0 Å². The van der Waals surface area contributed by atoms with Crippen molar-refractivity contribution < 1.29 is 18.1 Å². The second-order valence-electron chi connectivity index (χ2n) is 8.94. The summed E-state index contributed by atoms with van der Waals surface area (Å²) in [6.07, 6.45) is 3.31. The van der Waals surface area contributed by atoms with Crippen LogP contribution in [0.2, 0.25) is 5.02 Å². The highest BCUT2D eigenvalue weighted by atomic mass is 35.5. The number of piperidine rings is 1. The van der Waals surface area contributed by atoms with Crippen molar-refractivity contribution in [2.45, 2.75) is 60.1 Å². The van der Waals surface area contributed by atoms with Crippen LogP contribution in [0.15, 0.2) is 29.2 Å². The van der Waals surface area contributed by atoms with E-state index in [2.05, 4.69) is 20.2 Å². The van der Waals surface area contributed by atoms with Crippen molar-refractivity contribution in [1.82, 2.24) is 9.97 Å².